The van der Waals surface area contributed by atoms with Gasteiger partial charge < -0.3 is 14.4 Å². The van der Waals surface area contributed by atoms with E-state index in [1.807, 2.05) is 12.1 Å². The van der Waals surface area contributed by atoms with Gasteiger partial charge in [0.2, 0.25) is 10.0 Å². The number of amides is 1. The number of rotatable bonds is 8. The average molecular weight is 434 g/mol. The fourth-order valence-electron chi connectivity index (χ4n) is 3.06. The van der Waals surface area contributed by atoms with E-state index in [-0.39, 0.29) is 18.7 Å². The number of halogens is 1. The first-order chi connectivity index (χ1) is 14.4. The van der Waals surface area contributed by atoms with Crippen LogP contribution in [0.4, 0.5) is 4.39 Å². The van der Waals surface area contributed by atoms with Crippen LogP contribution in [-0.2, 0) is 16.6 Å². The number of benzene rings is 2. The monoisotopic (exact) mass is 434 g/mol. The molecule has 1 amide bonds. The Morgan fingerprint density at radius 3 is 2.77 bits per heavy atom. The lowest BCUT2D eigenvalue weighted by Crippen LogP contribution is -2.31. The first-order valence-electron chi connectivity index (χ1n) is 9.44. The molecule has 1 aliphatic heterocycles. The van der Waals surface area contributed by atoms with Crippen molar-refractivity contribution in [3.8, 4) is 11.5 Å². The number of carbonyl (C=O) groups excluding carboxylic acids is 1. The summed E-state index contributed by atoms with van der Waals surface area (Å²) >= 11 is 0. The lowest BCUT2D eigenvalue weighted by atomic mass is 10.1. The van der Waals surface area contributed by atoms with Gasteiger partial charge in [-0.3, -0.25) is 4.79 Å². The second kappa shape index (κ2) is 9.27. The van der Waals surface area contributed by atoms with Crippen molar-refractivity contribution in [1.29, 1.82) is 0 Å². The molecule has 30 heavy (non-hydrogen) atoms. The summed E-state index contributed by atoms with van der Waals surface area (Å²) in [6.07, 6.45) is 1.34. The maximum atomic E-state index is 14.2. The molecule has 0 saturated heterocycles. The number of nitrogens with zero attached hydrogens (tertiary/aromatic N) is 1. The molecule has 0 fully saturated rings. The molecule has 3 rings (SSSR count). The molecule has 7 nitrogen and oxygen atoms in total. The van der Waals surface area contributed by atoms with Crippen molar-refractivity contribution in [3.63, 3.8) is 0 Å². The Labute approximate surface area is 175 Å². The molecule has 0 unspecified atom stereocenters. The van der Waals surface area contributed by atoms with E-state index < -0.39 is 26.6 Å². The van der Waals surface area contributed by atoms with Gasteiger partial charge in [-0.05, 0) is 31.2 Å². The van der Waals surface area contributed by atoms with Crippen molar-refractivity contribution in [2.75, 3.05) is 26.3 Å². The number of nitrogens with one attached hydrogen (secondary N) is 1. The Bertz CT molecular complexity index is 1060. The maximum absolute atomic E-state index is 14.2. The van der Waals surface area contributed by atoms with Gasteiger partial charge in [0.25, 0.3) is 5.91 Å². The van der Waals surface area contributed by atoms with Crippen LogP contribution in [0.1, 0.15) is 22.8 Å². The third-order valence-corrected chi connectivity index (χ3v) is 6.00. The molecular weight excluding hydrogens is 411 g/mol. The van der Waals surface area contributed by atoms with Gasteiger partial charge in [0.05, 0.1) is 0 Å². The van der Waals surface area contributed by atoms with Crippen molar-refractivity contribution in [2.45, 2.75) is 18.4 Å². The molecular formula is C21H23FN2O5S. The molecule has 1 heterocycles. The van der Waals surface area contributed by atoms with Crippen LogP contribution in [0.3, 0.4) is 0 Å². The van der Waals surface area contributed by atoms with E-state index in [1.165, 1.54) is 17.0 Å². The van der Waals surface area contributed by atoms with E-state index in [0.29, 0.717) is 31.3 Å². The average Bonchev–Trinajstić information content (AvgIpc) is 2.76. The predicted molar refractivity (Wildman–Crippen MR) is 110 cm³/mol. The molecule has 1 N–H and O–H groups in total. The van der Waals surface area contributed by atoms with E-state index in [1.54, 1.807) is 13.0 Å². The third kappa shape index (κ3) is 4.63. The second-order valence-corrected chi connectivity index (χ2v) is 8.28. The highest BCUT2D eigenvalue weighted by molar-refractivity contribution is 7.89. The van der Waals surface area contributed by atoms with E-state index in [9.17, 15) is 17.6 Å². The number of hydrogen-bond donors (Lipinski definition) is 1. The molecule has 2 aromatic carbocycles. The van der Waals surface area contributed by atoms with E-state index >= 15 is 0 Å². The van der Waals surface area contributed by atoms with Crippen LogP contribution in [0.2, 0.25) is 0 Å². The fraction of sp³-hybridized carbons (Fsp3) is 0.286. The lowest BCUT2D eigenvalue weighted by molar-refractivity contribution is 0.0748. The van der Waals surface area contributed by atoms with Crippen LogP contribution >= 0.6 is 0 Å². The molecule has 0 atom stereocenters. The number of carbonyl (C=O) groups is 1. The largest absolute Gasteiger partial charge is 0.486 e. The maximum Gasteiger partial charge on any atom is 0.254 e. The zero-order valence-electron chi connectivity index (χ0n) is 16.6. The summed E-state index contributed by atoms with van der Waals surface area (Å²) in [6, 6.07) is 8.74. The van der Waals surface area contributed by atoms with Crippen LogP contribution in [0.15, 0.2) is 53.9 Å². The molecule has 9 heteroatoms. The Hall–Kier alpha value is -2.91. The molecule has 2 aromatic rings. The summed E-state index contributed by atoms with van der Waals surface area (Å²) in [5.74, 6) is -0.155. The van der Waals surface area contributed by atoms with Gasteiger partial charge in [-0.15, -0.1) is 6.58 Å². The van der Waals surface area contributed by atoms with Crippen LogP contribution in [0, 0.1) is 5.82 Å². The molecule has 0 radical (unpaired) electrons. The SMILES string of the molecule is C=CCNS(=O)(=O)c1cc(C(=O)N(CC)Cc2cccc3c2OCCO3)ccc1F. The number of hydrogen-bond acceptors (Lipinski definition) is 5. The standard InChI is InChI=1S/C21H23FN2O5S/c1-3-10-23-30(26,27)19-13-15(8-9-17(19)22)21(25)24(4-2)14-16-6-5-7-18-20(16)29-12-11-28-18/h3,5-9,13,23H,1,4,10-12,14H2,2H3. The third-order valence-electron chi connectivity index (χ3n) is 4.56. The van der Waals surface area contributed by atoms with Gasteiger partial charge in [0.1, 0.15) is 23.9 Å². The predicted octanol–water partition coefficient (Wildman–Crippen LogP) is 2.72. The minimum absolute atomic E-state index is 0.0534. The summed E-state index contributed by atoms with van der Waals surface area (Å²) in [4.78, 5) is 14.0. The van der Waals surface area contributed by atoms with Crippen LogP contribution in [0.25, 0.3) is 0 Å². The Kier molecular flexibility index (Phi) is 6.73. The summed E-state index contributed by atoms with van der Waals surface area (Å²) < 4.78 is 52.3. The summed E-state index contributed by atoms with van der Waals surface area (Å²) in [5, 5.41) is 0. The normalized spacial score (nSPS) is 13.0. The minimum Gasteiger partial charge on any atom is -0.486 e. The van der Waals surface area contributed by atoms with Crippen molar-refractivity contribution in [2.24, 2.45) is 0 Å². The van der Waals surface area contributed by atoms with Gasteiger partial charge in [0, 0.05) is 30.8 Å². The summed E-state index contributed by atoms with van der Waals surface area (Å²) in [6.45, 7) is 6.65. The highest BCUT2D eigenvalue weighted by Gasteiger charge is 2.24. The van der Waals surface area contributed by atoms with Gasteiger partial charge in [-0.25, -0.2) is 17.5 Å². The number of sulfonamides is 1. The zero-order valence-corrected chi connectivity index (χ0v) is 17.4. The smallest absolute Gasteiger partial charge is 0.254 e. The molecule has 0 aromatic heterocycles. The first kappa shape index (κ1) is 21.8. The van der Waals surface area contributed by atoms with Crippen LogP contribution < -0.4 is 14.2 Å². The Balaban J connectivity index is 1.88. The molecule has 1 aliphatic rings. The first-order valence-corrected chi connectivity index (χ1v) is 10.9. The quantitative estimate of drug-likeness (QED) is 0.646. The number of ether oxygens (including phenoxy) is 2. The van der Waals surface area contributed by atoms with E-state index in [2.05, 4.69) is 11.3 Å². The van der Waals surface area contributed by atoms with Crippen LogP contribution in [0.5, 0.6) is 11.5 Å². The molecule has 0 bridgehead atoms. The zero-order chi connectivity index (χ0) is 21.7. The van der Waals surface area contributed by atoms with Crippen molar-refractivity contribution in [3.05, 3.63) is 66.0 Å². The molecule has 0 aliphatic carbocycles. The van der Waals surface area contributed by atoms with Crippen LogP contribution in [-0.4, -0.2) is 45.5 Å². The highest BCUT2D eigenvalue weighted by Crippen LogP contribution is 2.34. The topological polar surface area (TPSA) is 84.9 Å². The summed E-state index contributed by atoms with van der Waals surface area (Å²) in [5.41, 5.74) is 0.837. The fourth-order valence-corrected chi connectivity index (χ4v) is 4.16. The van der Waals surface area contributed by atoms with Gasteiger partial charge in [0.15, 0.2) is 11.5 Å². The Morgan fingerprint density at radius 2 is 2.03 bits per heavy atom. The molecule has 0 spiro atoms. The molecule has 0 saturated carbocycles. The van der Waals surface area contributed by atoms with Gasteiger partial charge in [-0.2, -0.15) is 0 Å². The van der Waals surface area contributed by atoms with Gasteiger partial charge in [-0.1, -0.05) is 18.2 Å². The Morgan fingerprint density at radius 1 is 1.27 bits per heavy atom. The second-order valence-electron chi connectivity index (χ2n) is 6.55. The number of fused-ring (bicyclic) bond motifs is 1. The van der Waals surface area contributed by atoms with Crippen molar-refractivity contribution in [1.82, 2.24) is 9.62 Å². The van der Waals surface area contributed by atoms with Gasteiger partial charge >= 0.3 is 0 Å². The minimum atomic E-state index is -4.12. The molecule has 160 valence electrons. The number of para-hydroxylation sites is 1. The lowest BCUT2D eigenvalue weighted by Gasteiger charge is -2.25. The van der Waals surface area contributed by atoms with E-state index in [0.717, 1.165) is 17.7 Å². The highest BCUT2D eigenvalue weighted by atomic mass is 32.2. The van der Waals surface area contributed by atoms with E-state index in [4.69, 9.17) is 9.47 Å². The van der Waals surface area contributed by atoms with Crippen molar-refractivity contribution >= 4 is 15.9 Å². The summed E-state index contributed by atoms with van der Waals surface area (Å²) in [7, 11) is -4.12. The van der Waals surface area contributed by atoms with Crippen molar-refractivity contribution < 1.29 is 27.1 Å².